The first kappa shape index (κ1) is 13.3. The van der Waals surface area contributed by atoms with Crippen LogP contribution in [-0.2, 0) is 13.1 Å². The molecule has 0 radical (unpaired) electrons. The number of aryl methyl sites for hydroxylation is 2. The molecule has 0 fully saturated rings. The van der Waals surface area contributed by atoms with Crippen molar-refractivity contribution in [1.82, 2.24) is 14.7 Å². The summed E-state index contributed by atoms with van der Waals surface area (Å²) in [5, 5.41) is 5.37. The first-order valence-corrected chi connectivity index (χ1v) is 7.39. The maximum absolute atomic E-state index is 13.5. The van der Waals surface area contributed by atoms with Crippen LogP contribution in [0.5, 0.6) is 0 Å². The normalized spacial score (nSPS) is 11.3. The van der Waals surface area contributed by atoms with Gasteiger partial charge in [0.25, 0.3) is 0 Å². The van der Waals surface area contributed by atoms with Crippen LogP contribution in [0.1, 0.15) is 22.4 Å². The van der Waals surface area contributed by atoms with Gasteiger partial charge in [-0.15, -0.1) is 11.3 Å². The molecule has 0 unspecified atom stereocenters. The number of fused-ring (bicyclic) bond motifs is 1. The highest BCUT2D eigenvalue weighted by Gasteiger charge is 2.05. The molecular weight excluding hydrogens is 273 g/mol. The fourth-order valence-electron chi connectivity index (χ4n) is 2.33. The van der Waals surface area contributed by atoms with Gasteiger partial charge in [-0.05, 0) is 30.5 Å². The molecule has 1 N–H and O–H groups in total. The Hall–Kier alpha value is -1.72. The molecule has 0 spiro atoms. The zero-order valence-electron chi connectivity index (χ0n) is 11.5. The third kappa shape index (κ3) is 2.59. The van der Waals surface area contributed by atoms with Crippen molar-refractivity contribution in [2.75, 3.05) is 0 Å². The van der Waals surface area contributed by atoms with Crippen molar-refractivity contribution in [3.63, 3.8) is 0 Å². The molecular formula is C15H16FN3S. The summed E-state index contributed by atoms with van der Waals surface area (Å²) in [6.07, 6.45) is 4.03. The monoisotopic (exact) mass is 289 g/mol. The topological polar surface area (TPSA) is 29.3 Å². The summed E-state index contributed by atoms with van der Waals surface area (Å²) >= 11 is 1.63. The number of aromatic nitrogens is 2. The molecule has 3 aromatic rings. The Kier molecular flexibility index (Phi) is 3.54. The molecule has 2 aromatic heterocycles. The van der Waals surface area contributed by atoms with Gasteiger partial charge in [0, 0.05) is 30.9 Å². The number of halogens is 1. The van der Waals surface area contributed by atoms with E-state index in [0.29, 0.717) is 24.2 Å². The summed E-state index contributed by atoms with van der Waals surface area (Å²) in [7, 11) is 0. The molecule has 3 nitrogen and oxygen atoms in total. The van der Waals surface area contributed by atoms with Gasteiger partial charge in [-0.2, -0.15) is 0 Å². The number of hydrogen-bond acceptors (Lipinski definition) is 3. The van der Waals surface area contributed by atoms with Gasteiger partial charge in [0.2, 0.25) is 0 Å². The van der Waals surface area contributed by atoms with E-state index in [1.54, 1.807) is 25.2 Å². The minimum Gasteiger partial charge on any atom is -0.307 e. The Morgan fingerprint density at radius 3 is 2.70 bits per heavy atom. The zero-order valence-corrected chi connectivity index (χ0v) is 12.3. The van der Waals surface area contributed by atoms with Gasteiger partial charge >= 0.3 is 0 Å². The molecule has 0 saturated carbocycles. The van der Waals surface area contributed by atoms with Crippen LogP contribution in [0.25, 0.3) is 4.96 Å². The Morgan fingerprint density at radius 1 is 1.25 bits per heavy atom. The lowest BCUT2D eigenvalue weighted by molar-refractivity contribution is 0.605. The number of rotatable bonds is 4. The minimum absolute atomic E-state index is 0.108. The second-order valence-electron chi connectivity index (χ2n) is 4.97. The predicted molar refractivity (Wildman–Crippen MR) is 79.5 cm³/mol. The van der Waals surface area contributed by atoms with E-state index in [2.05, 4.69) is 10.3 Å². The van der Waals surface area contributed by atoms with Crippen LogP contribution in [0.2, 0.25) is 0 Å². The van der Waals surface area contributed by atoms with Crippen molar-refractivity contribution >= 4 is 16.3 Å². The number of nitrogens with zero attached hydrogens (tertiary/aromatic N) is 2. The van der Waals surface area contributed by atoms with Gasteiger partial charge in [-0.25, -0.2) is 9.37 Å². The highest BCUT2D eigenvalue weighted by atomic mass is 32.1. The fraction of sp³-hybridized carbons (Fsp3) is 0.267. The number of nitrogens with one attached hydrogen (secondary N) is 1. The van der Waals surface area contributed by atoms with E-state index in [1.807, 2.05) is 34.3 Å². The van der Waals surface area contributed by atoms with Crippen LogP contribution in [0.15, 0.2) is 29.9 Å². The largest absolute Gasteiger partial charge is 0.307 e. The van der Waals surface area contributed by atoms with Crippen LogP contribution in [0, 0.1) is 19.7 Å². The Balaban J connectivity index is 1.63. The van der Waals surface area contributed by atoms with Crippen LogP contribution in [0.3, 0.4) is 0 Å². The van der Waals surface area contributed by atoms with Gasteiger partial charge in [0.15, 0.2) is 4.96 Å². The van der Waals surface area contributed by atoms with E-state index >= 15 is 0 Å². The molecule has 0 aliphatic heterocycles. The first-order valence-electron chi connectivity index (χ1n) is 6.51. The summed E-state index contributed by atoms with van der Waals surface area (Å²) in [5.74, 6) is -0.108. The summed E-state index contributed by atoms with van der Waals surface area (Å²) in [4.78, 5) is 5.52. The van der Waals surface area contributed by atoms with Crippen LogP contribution >= 0.6 is 11.3 Å². The maximum Gasteiger partial charge on any atom is 0.193 e. The molecule has 0 amide bonds. The second kappa shape index (κ2) is 5.34. The molecule has 0 atom stereocenters. The molecule has 0 bridgehead atoms. The van der Waals surface area contributed by atoms with Crippen molar-refractivity contribution in [2.45, 2.75) is 26.9 Å². The number of imidazole rings is 1. The summed E-state index contributed by atoms with van der Waals surface area (Å²) < 4.78 is 15.6. The second-order valence-corrected chi connectivity index (χ2v) is 5.85. The Labute approximate surface area is 121 Å². The highest BCUT2D eigenvalue weighted by Crippen LogP contribution is 2.15. The van der Waals surface area contributed by atoms with Crippen molar-refractivity contribution in [2.24, 2.45) is 0 Å². The van der Waals surface area contributed by atoms with Crippen molar-refractivity contribution in [3.8, 4) is 0 Å². The molecule has 104 valence electrons. The van der Waals surface area contributed by atoms with Crippen LogP contribution in [0.4, 0.5) is 4.39 Å². The molecule has 20 heavy (non-hydrogen) atoms. The predicted octanol–water partition coefficient (Wildman–Crippen LogP) is 3.44. The smallest absolute Gasteiger partial charge is 0.193 e. The minimum atomic E-state index is -0.108. The maximum atomic E-state index is 13.5. The lowest BCUT2D eigenvalue weighted by atomic mass is 10.1. The molecule has 0 aliphatic carbocycles. The third-order valence-electron chi connectivity index (χ3n) is 3.27. The average molecular weight is 289 g/mol. The van der Waals surface area contributed by atoms with Crippen molar-refractivity contribution in [3.05, 3.63) is 58.1 Å². The number of thiazole rings is 1. The van der Waals surface area contributed by atoms with Gasteiger partial charge in [0.1, 0.15) is 5.82 Å². The van der Waals surface area contributed by atoms with Crippen molar-refractivity contribution < 1.29 is 4.39 Å². The lowest BCUT2D eigenvalue weighted by Crippen LogP contribution is -2.13. The summed E-state index contributed by atoms with van der Waals surface area (Å²) in [6.45, 7) is 5.03. The quantitative estimate of drug-likeness (QED) is 0.797. The molecule has 0 saturated heterocycles. The van der Waals surface area contributed by atoms with Gasteiger partial charge < -0.3 is 5.32 Å². The summed E-state index contributed by atoms with van der Waals surface area (Å²) in [5.41, 5.74) is 3.52. The molecule has 5 heteroatoms. The molecule has 0 aliphatic rings. The number of benzene rings is 1. The van der Waals surface area contributed by atoms with Gasteiger partial charge in [0.05, 0.1) is 5.69 Å². The molecule has 1 aromatic carbocycles. The zero-order chi connectivity index (χ0) is 14.1. The van der Waals surface area contributed by atoms with Gasteiger partial charge in [-0.3, -0.25) is 4.40 Å². The van der Waals surface area contributed by atoms with E-state index in [0.717, 1.165) is 16.2 Å². The first-order chi connectivity index (χ1) is 9.63. The standard InChI is InChI=1S/C15H16FN3S/c1-10-5-12(6-11(2)14(10)16)7-17-8-13-9-19-3-4-20-15(19)18-13/h3-6,9,17H,7-8H2,1-2H3. The van der Waals surface area contributed by atoms with E-state index in [9.17, 15) is 4.39 Å². The van der Waals surface area contributed by atoms with Gasteiger partial charge in [-0.1, -0.05) is 12.1 Å². The number of hydrogen-bond donors (Lipinski definition) is 1. The molecule has 3 rings (SSSR count). The average Bonchev–Trinajstić information content (AvgIpc) is 2.96. The van der Waals surface area contributed by atoms with E-state index < -0.39 is 0 Å². The Morgan fingerprint density at radius 2 is 2.00 bits per heavy atom. The fourth-order valence-corrected chi connectivity index (χ4v) is 3.05. The van der Waals surface area contributed by atoms with E-state index in [4.69, 9.17) is 0 Å². The van der Waals surface area contributed by atoms with Crippen molar-refractivity contribution in [1.29, 1.82) is 0 Å². The van der Waals surface area contributed by atoms with E-state index in [1.165, 1.54) is 0 Å². The van der Waals surface area contributed by atoms with Crippen LogP contribution in [-0.4, -0.2) is 9.38 Å². The third-order valence-corrected chi connectivity index (χ3v) is 4.05. The van der Waals surface area contributed by atoms with Crippen LogP contribution < -0.4 is 5.32 Å². The lowest BCUT2D eigenvalue weighted by Gasteiger charge is -2.07. The SMILES string of the molecule is Cc1cc(CNCc2cn3ccsc3n2)cc(C)c1F. The molecule has 2 heterocycles. The highest BCUT2D eigenvalue weighted by molar-refractivity contribution is 7.15. The Bertz CT molecular complexity index is 693. The summed E-state index contributed by atoms with van der Waals surface area (Å²) in [6, 6.07) is 3.78. The van der Waals surface area contributed by atoms with E-state index in [-0.39, 0.29) is 5.82 Å².